The van der Waals surface area contributed by atoms with Crippen molar-refractivity contribution < 1.29 is 24.8 Å². The Labute approximate surface area is 170 Å². The second-order valence-corrected chi connectivity index (χ2v) is 6.54. The van der Waals surface area contributed by atoms with Crippen LogP contribution in [0.4, 0.5) is 4.39 Å². The first-order valence-electron chi connectivity index (χ1n) is 8.90. The van der Waals surface area contributed by atoms with Crippen LogP contribution < -0.4 is 0 Å². The summed E-state index contributed by atoms with van der Waals surface area (Å²) in [5.74, 6) is -0.265. The zero-order valence-electron chi connectivity index (χ0n) is 15.5. The lowest BCUT2D eigenvalue weighted by Crippen LogP contribution is -2.00. The maximum absolute atomic E-state index is 12.8. The number of hydrogen-bond acceptors (Lipinski definition) is 7. The molecule has 0 saturated carbocycles. The minimum absolute atomic E-state index is 0.106. The number of phenols is 4. The van der Waals surface area contributed by atoms with E-state index in [4.69, 9.17) is 0 Å². The van der Waals surface area contributed by atoms with Gasteiger partial charge < -0.3 is 20.4 Å². The Bertz CT molecular complexity index is 1160. The van der Waals surface area contributed by atoms with Crippen LogP contribution in [0.15, 0.2) is 60.7 Å². The van der Waals surface area contributed by atoms with Crippen LogP contribution in [0.1, 0.15) is 5.56 Å². The Morgan fingerprint density at radius 1 is 0.600 bits per heavy atom. The number of nitrogens with zero attached hydrogens (tertiary/aromatic N) is 3. The standard InChI is InChI=1S/C22H16FN3O4/c23-11-12-1-3-13(4-2-12)20-24-21(16-7-5-14(27)9-18(16)29)26-22(25-20)17-8-6-15(28)10-19(17)30/h1-10,27-30H,11H2. The van der Waals surface area contributed by atoms with Gasteiger partial charge in [0.1, 0.15) is 29.7 Å². The molecule has 0 spiro atoms. The van der Waals surface area contributed by atoms with Gasteiger partial charge in [-0.1, -0.05) is 24.3 Å². The van der Waals surface area contributed by atoms with Gasteiger partial charge in [0.05, 0.1) is 11.1 Å². The highest BCUT2D eigenvalue weighted by molar-refractivity contribution is 5.72. The average molecular weight is 405 g/mol. The van der Waals surface area contributed by atoms with Crippen molar-refractivity contribution in [3.05, 3.63) is 66.2 Å². The number of benzene rings is 3. The van der Waals surface area contributed by atoms with Gasteiger partial charge in [0.2, 0.25) is 0 Å². The van der Waals surface area contributed by atoms with Crippen molar-refractivity contribution in [3.8, 4) is 57.2 Å². The molecule has 7 nitrogen and oxygen atoms in total. The Balaban J connectivity index is 1.93. The molecule has 30 heavy (non-hydrogen) atoms. The summed E-state index contributed by atoms with van der Waals surface area (Å²) >= 11 is 0. The first-order chi connectivity index (χ1) is 14.4. The van der Waals surface area contributed by atoms with Crippen LogP contribution in [0.25, 0.3) is 34.2 Å². The van der Waals surface area contributed by atoms with Gasteiger partial charge in [0, 0.05) is 17.7 Å². The number of hydrogen-bond donors (Lipinski definition) is 4. The van der Waals surface area contributed by atoms with Gasteiger partial charge in [-0.15, -0.1) is 0 Å². The number of alkyl halides is 1. The minimum Gasteiger partial charge on any atom is -0.508 e. The van der Waals surface area contributed by atoms with Crippen LogP contribution in [0.5, 0.6) is 23.0 Å². The first-order valence-corrected chi connectivity index (χ1v) is 8.90. The van der Waals surface area contributed by atoms with Gasteiger partial charge in [0.15, 0.2) is 17.5 Å². The molecule has 4 aromatic rings. The monoisotopic (exact) mass is 405 g/mol. The van der Waals surface area contributed by atoms with E-state index in [1.165, 1.54) is 24.3 Å². The first kappa shape index (κ1) is 19.1. The van der Waals surface area contributed by atoms with Crippen LogP contribution >= 0.6 is 0 Å². The molecule has 0 amide bonds. The van der Waals surface area contributed by atoms with E-state index in [1.54, 1.807) is 24.3 Å². The summed E-state index contributed by atoms with van der Waals surface area (Å²) < 4.78 is 12.8. The molecule has 8 heteroatoms. The molecule has 4 rings (SSSR count). The summed E-state index contributed by atoms with van der Waals surface area (Å²) in [5.41, 5.74) is 1.57. The predicted octanol–water partition coefficient (Wildman–Crippen LogP) is 4.16. The van der Waals surface area contributed by atoms with E-state index in [0.717, 1.165) is 12.1 Å². The summed E-state index contributed by atoms with van der Waals surface area (Å²) in [5, 5.41) is 39.6. The van der Waals surface area contributed by atoms with E-state index >= 15 is 0 Å². The Morgan fingerprint density at radius 2 is 1.07 bits per heavy atom. The third-order valence-electron chi connectivity index (χ3n) is 4.45. The van der Waals surface area contributed by atoms with Crippen molar-refractivity contribution in [2.24, 2.45) is 0 Å². The third kappa shape index (κ3) is 3.70. The molecule has 4 N–H and O–H groups in total. The van der Waals surface area contributed by atoms with Crippen LogP contribution in [0.2, 0.25) is 0 Å². The molecule has 0 fully saturated rings. The minimum atomic E-state index is -0.600. The number of halogens is 1. The van der Waals surface area contributed by atoms with E-state index in [9.17, 15) is 24.8 Å². The fourth-order valence-electron chi connectivity index (χ4n) is 2.91. The van der Waals surface area contributed by atoms with Crippen LogP contribution in [-0.2, 0) is 6.67 Å². The van der Waals surface area contributed by atoms with Crippen molar-refractivity contribution in [1.29, 1.82) is 0 Å². The molecule has 0 atom stereocenters. The summed E-state index contributed by atoms with van der Waals surface area (Å²) in [7, 11) is 0. The molecule has 1 aromatic heterocycles. The van der Waals surface area contributed by atoms with E-state index in [2.05, 4.69) is 15.0 Å². The van der Waals surface area contributed by atoms with E-state index in [-0.39, 0.29) is 51.6 Å². The van der Waals surface area contributed by atoms with Gasteiger partial charge >= 0.3 is 0 Å². The Hall–Kier alpha value is -4.20. The maximum atomic E-state index is 12.8. The number of rotatable bonds is 4. The van der Waals surface area contributed by atoms with Gasteiger partial charge in [0.25, 0.3) is 0 Å². The lowest BCUT2D eigenvalue weighted by molar-refractivity contribution is 0.451. The summed E-state index contributed by atoms with van der Waals surface area (Å²) in [6.45, 7) is -0.600. The van der Waals surface area contributed by atoms with Crippen molar-refractivity contribution in [3.63, 3.8) is 0 Å². The second kappa shape index (κ2) is 7.67. The lowest BCUT2D eigenvalue weighted by Gasteiger charge is -2.10. The lowest BCUT2D eigenvalue weighted by atomic mass is 10.1. The number of aromatic nitrogens is 3. The molecule has 0 aliphatic heterocycles. The van der Waals surface area contributed by atoms with E-state index in [1.807, 2.05) is 0 Å². The second-order valence-electron chi connectivity index (χ2n) is 6.54. The molecule has 0 radical (unpaired) electrons. The fourth-order valence-corrected chi connectivity index (χ4v) is 2.91. The van der Waals surface area contributed by atoms with Crippen LogP contribution in [0, 0.1) is 0 Å². The average Bonchev–Trinajstić information content (AvgIpc) is 2.73. The Morgan fingerprint density at radius 3 is 1.50 bits per heavy atom. The third-order valence-corrected chi connectivity index (χ3v) is 4.45. The molecule has 0 bridgehead atoms. The van der Waals surface area contributed by atoms with E-state index in [0.29, 0.717) is 11.1 Å². The SMILES string of the molecule is Oc1ccc(-c2nc(-c3ccc(CF)cc3)nc(-c3ccc(O)cc3O)n2)c(O)c1. The van der Waals surface area contributed by atoms with Gasteiger partial charge in [-0.3, -0.25) is 0 Å². The highest BCUT2D eigenvalue weighted by atomic mass is 19.1. The maximum Gasteiger partial charge on any atom is 0.167 e. The fraction of sp³-hybridized carbons (Fsp3) is 0.0455. The zero-order valence-corrected chi connectivity index (χ0v) is 15.5. The predicted molar refractivity (Wildman–Crippen MR) is 108 cm³/mol. The molecular weight excluding hydrogens is 389 g/mol. The molecule has 150 valence electrons. The van der Waals surface area contributed by atoms with Crippen LogP contribution in [-0.4, -0.2) is 35.4 Å². The van der Waals surface area contributed by atoms with E-state index < -0.39 is 6.67 Å². The summed E-state index contributed by atoms with van der Waals surface area (Å²) in [6, 6.07) is 14.5. The molecular formula is C22H16FN3O4. The summed E-state index contributed by atoms with van der Waals surface area (Å²) in [4.78, 5) is 13.2. The number of aromatic hydroxyl groups is 4. The molecule has 0 aliphatic rings. The number of phenolic OH excluding ortho intramolecular Hbond substituents is 4. The van der Waals surface area contributed by atoms with Crippen molar-refractivity contribution in [2.45, 2.75) is 6.67 Å². The van der Waals surface area contributed by atoms with Crippen molar-refractivity contribution in [2.75, 3.05) is 0 Å². The van der Waals surface area contributed by atoms with Crippen molar-refractivity contribution in [1.82, 2.24) is 15.0 Å². The molecule has 0 aliphatic carbocycles. The topological polar surface area (TPSA) is 120 Å². The normalized spacial score (nSPS) is 10.8. The van der Waals surface area contributed by atoms with Crippen LogP contribution in [0.3, 0.4) is 0 Å². The molecule has 1 heterocycles. The largest absolute Gasteiger partial charge is 0.508 e. The van der Waals surface area contributed by atoms with Gasteiger partial charge in [-0.2, -0.15) is 0 Å². The quantitative estimate of drug-likeness (QED) is 0.402. The Kier molecular flexibility index (Phi) is 4.89. The molecule has 3 aromatic carbocycles. The van der Waals surface area contributed by atoms with Gasteiger partial charge in [-0.25, -0.2) is 19.3 Å². The smallest absolute Gasteiger partial charge is 0.167 e. The highest BCUT2D eigenvalue weighted by Crippen LogP contribution is 2.35. The molecule has 0 unspecified atom stereocenters. The van der Waals surface area contributed by atoms with Crippen molar-refractivity contribution >= 4 is 0 Å². The summed E-state index contributed by atoms with van der Waals surface area (Å²) in [6.07, 6.45) is 0. The molecule has 0 saturated heterocycles. The van der Waals surface area contributed by atoms with Gasteiger partial charge in [-0.05, 0) is 29.8 Å². The zero-order chi connectivity index (χ0) is 21.3. The highest BCUT2D eigenvalue weighted by Gasteiger charge is 2.17.